The van der Waals surface area contributed by atoms with Crippen molar-refractivity contribution < 1.29 is 0 Å². The van der Waals surface area contributed by atoms with Gasteiger partial charge in [0.2, 0.25) is 0 Å². The molecule has 0 bridgehead atoms. The van der Waals surface area contributed by atoms with Gasteiger partial charge in [-0.25, -0.2) is 0 Å². The Morgan fingerprint density at radius 3 is 2.46 bits per heavy atom. The lowest BCUT2D eigenvalue weighted by Gasteiger charge is -2.33. The van der Waals surface area contributed by atoms with Crippen molar-refractivity contribution in [3.8, 4) is 0 Å². The molecule has 0 aliphatic carbocycles. The Bertz CT molecular complexity index is 274. The summed E-state index contributed by atoms with van der Waals surface area (Å²) in [4.78, 5) is 6.27. The Morgan fingerprint density at radius 2 is 1.92 bits per heavy atom. The van der Waals surface area contributed by atoms with Gasteiger partial charge in [0.25, 0.3) is 0 Å². The molecule has 0 atom stereocenters. The number of hydrogen-bond acceptors (Lipinski definition) is 3. The average molecular weight is 196 g/mol. The van der Waals surface area contributed by atoms with E-state index < -0.39 is 0 Å². The molecule has 2 heterocycles. The molecule has 3 heteroatoms. The molecule has 0 amide bonds. The van der Waals surface area contributed by atoms with E-state index in [0.29, 0.717) is 0 Å². The zero-order valence-electron chi connectivity index (χ0n) is 8.29. The maximum atomic E-state index is 2.48. The molecule has 2 rings (SSSR count). The quantitative estimate of drug-likeness (QED) is 0.676. The number of likely N-dealkylation sites (N-methyl/N-ethyl adjacent to an activating group) is 1. The first kappa shape index (κ1) is 9.03. The summed E-state index contributed by atoms with van der Waals surface area (Å²) in [7, 11) is 2.19. The van der Waals surface area contributed by atoms with Crippen LogP contribution in [0.15, 0.2) is 11.4 Å². The van der Waals surface area contributed by atoms with E-state index >= 15 is 0 Å². The highest BCUT2D eigenvalue weighted by Gasteiger charge is 2.14. The number of thiophene rings is 1. The van der Waals surface area contributed by atoms with Gasteiger partial charge in [0.1, 0.15) is 0 Å². The minimum atomic E-state index is 1.17. The van der Waals surface area contributed by atoms with Gasteiger partial charge in [-0.05, 0) is 20.0 Å². The van der Waals surface area contributed by atoms with Gasteiger partial charge < -0.3 is 9.80 Å². The van der Waals surface area contributed by atoms with Crippen LogP contribution in [0.2, 0.25) is 0 Å². The van der Waals surface area contributed by atoms with Gasteiger partial charge >= 0.3 is 0 Å². The van der Waals surface area contributed by atoms with Crippen molar-refractivity contribution >= 4 is 17.0 Å². The van der Waals surface area contributed by atoms with E-state index in [0.717, 1.165) is 0 Å². The third-order valence-electron chi connectivity index (χ3n) is 2.59. The fourth-order valence-corrected chi connectivity index (χ4v) is 2.37. The van der Waals surface area contributed by atoms with Gasteiger partial charge in [-0.2, -0.15) is 0 Å². The summed E-state index contributed by atoms with van der Waals surface area (Å²) in [5.41, 5.74) is 1.41. The summed E-state index contributed by atoms with van der Waals surface area (Å²) in [5.74, 6) is 0. The Kier molecular flexibility index (Phi) is 2.56. The number of aryl methyl sites for hydroxylation is 1. The minimum absolute atomic E-state index is 1.17. The van der Waals surface area contributed by atoms with Crippen molar-refractivity contribution in [2.24, 2.45) is 0 Å². The Hall–Kier alpha value is -0.540. The van der Waals surface area contributed by atoms with Crippen LogP contribution in [0, 0.1) is 6.92 Å². The maximum absolute atomic E-state index is 2.48. The molecule has 1 fully saturated rings. The smallest absolute Gasteiger partial charge is 0.0478 e. The molecule has 0 unspecified atom stereocenters. The van der Waals surface area contributed by atoms with Gasteiger partial charge in [0, 0.05) is 42.1 Å². The molecule has 2 nitrogen and oxygen atoms in total. The van der Waals surface area contributed by atoms with Crippen LogP contribution in [0.1, 0.15) is 4.88 Å². The zero-order chi connectivity index (χ0) is 9.26. The molecule has 1 aliphatic rings. The van der Waals surface area contributed by atoms with Crippen LogP contribution in [0.3, 0.4) is 0 Å². The first-order valence-corrected chi connectivity index (χ1v) is 5.62. The molecule has 1 aromatic heterocycles. The van der Waals surface area contributed by atoms with Crippen molar-refractivity contribution in [1.29, 1.82) is 0 Å². The van der Waals surface area contributed by atoms with Crippen molar-refractivity contribution in [2.75, 3.05) is 38.1 Å². The first-order chi connectivity index (χ1) is 6.25. The van der Waals surface area contributed by atoms with Crippen LogP contribution in [0.25, 0.3) is 0 Å². The van der Waals surface area contributed by atoms with Crippen LogP contribution >= 0.6 is 11.3 Å². The number of piperazine rings is 1. The summed E-state index contributed by atoms with van der Waals surface area (Å²) < 4.78 is 0. The molecular formula is C10H16N2S. The number of rotatable bonds is 1. The summed E-state index contributed by atoms with van der Waals surface area (Å²) in [6.45, 7) is 6.90. The topological polar surface area (TPSA) is 6.48 Å². The van der Waals surface area contributed by atoms with E-state index in [-0.39, 0.29) is 0 Å². The third-order valence-corrected chi connectivity index (χ3v) is 3.43. The summed E-state index contributed by atoms with van der Waals surface area (Å²) in [6.07, 6.45) is 0. The lowest BCUT2D eigenvalue weighted by Crippen LogP contribution is -2.44. The van der Waals surface area contributed by atoms with Crippen molar-refractivity contribution in [2.45, 2.75) is 6.92 Å². The molecule has 1 aromatic rings. The highest BCUT2D eigenvalue weighted by atomic mass is 32.1. The molecule has 0 aromatic carbocycles. The summed E-state index contributed by atoms with van der Waals surface area (Å²) in [5, 5.41) is 2.26. The van der Waals surface area contributed by atoms with Gasteiger partial charge in [-0.15, -0.1) is 11.3 Å². The summed E-state index contributed by atoms with van der Waals surface area (Å²) >= 11 is 1.84. The number of nitrogens with zero attached hydrogens (tertiary/aromatic N) is 2. The van der Waals surface area contributed by atoms with E-state index in [1.165, 1.54) is 36.7 Å². The molecule has 1 aliphatic heterocycles. The molecule has 0 radical (unpaired) electrons. The Morgan fingerprint density at radius 1 is 1.23 bits per heavy atom. The lowest BCUT2D eigenvalue weighted by molar-refractivity contribution is 0.313. The number of hydrogen-bond donors (Lipinski definition) is 0. The maximum Gasteiger partial charge on any atom is 0.0478 e. The molecular weight excluding hydrogens is 180 g/mol. The second-order valence-electron chi connectivity index (χ2n) is 3.71. The molecule has 0 spiro atoms. The Balaban J connectivity index is 2.02. The molecule has 72 valence electrons. The van der Waals surface area contributed by atoms with Crippen LogP contribution in [-0.2, 0) is 0 Å². The molecule has 13 heavy (non-hydrogen) atoms. The van der Waals surface area contributed by atoms with Crippen LogP contribution in [0.5, 0.6) is 0 Å². The van der Waals surface area contributed by atoms with Crippen LogP contribution in [-0.4, -0.2) is 38.1 Å². The van der Waals surface area contributed by atoms with E-state index in [4.69, 9.17) is 0 Å². The molecule has 0 saturated carbocycles. The number of anilines is 1. The lowest BCUT2D eigenvalue weighted by atomic mass is 10.3. The van der Waals surface area contributed by atoms with Gasteiger partial charge in [0.15, 0.2) is 0 Å². The van der Waals surface area contributed by atoms with Crippen molar-refractivity contribution in [3.05, 3.63) is 16.3 Å². The van der Waals surface area contributed by atoms with Crippen LogP contribution < -0.4 is 4.90 Å². The minimum Gasteiger partial charge on any atom is -0.368 e. The second kappa shape index (κ2) is 3.68. The fourth-order valence-electron chi connectivity index (χ4n) is 1.66. The zero-order valence-corrected chi connectivity index (χ0v) is 9.10. The monoisotopic (exact) mass is 196 g/mol. The SMILES string of the molecule is Cc1cc(N2CCN(C)CC2)cs1. The van der Waals surface area contributed by atoms with E-state index in [1.54, 1.807) is 0 Å². The molecule has 0 N–H and O–H groups in total. The predicted molar refractivity (Wildman–Crippen MR) is 58.8 cm³/mol. The predicted octanol–water partition coefficient (Wildman–Crippen LogP) is 1.81. The standard InChI is InChI=1S/C10H16N2S/c1-9-7-10(8-13-9)12-5-3-11(2)4-6-12/h7-8H,3-6H2,1-2H3. The Labute approximate surface area is 83.8 Å². The summed E-state index contributed by atoms with van der Waals surface area (Å²) in [6, 6.07) is 2.29. The average Bonchev–Trinajstić information content (AvgIpc) is 2.53. The van der Waals surface area contributed by atoms with E-state index in [2.05, 4.69) is 35.2 Å². The highest BCUT2D eigenvalue weighted by molar-refractivity contribution is 7.10. The first-order valence-electron chi connectivity index (χ1n) is 4.74. The van der Waals surface area contributed by atoms with E-state index in [9.17, 15) is 0 Å². The fraction of sp³-hybridized carbons (Fsp3) is 0.600. The molecule has 1 saturated heterocycles. The van der Waals surface area contributed by atoms with Gasteiger partial charge in [-0.1, -0.05) is 0 Å². The van der Waals surface area contributed by atoms with Crippen molar-refractivity contribution in [1.82, 2.24) is 4.90 Å². The van der Waals surface area contributed by atoms with Gasteiger partial charge in [-0.3, -0.25) is 0 Å². The highest BCUT2D eigenvalue weighted by Crippen LogP contribution is 2.23. The third kappa shape index (κ3) is 2.03. The largest absolute Gasteiger partial charge is 0.368 e. The van der Waals surface area contributed by atoms with Gasteiger partial charge in [0.05, 0.1) is 0 Å². The van der Waals surface area contributed by atoms with Crippen LogP contribution in [0.4, 0.5) is 5.69 Å². The van der Waals surface area contributed by atoms with Crippen molar-refractivity contribution in [3.63, 3.8) is 0 Å². The second-order valence-corrected chi connectivity index (χ2v) is 4.82. The normalized spacial score (nSPS) is 19.4. The van der Waals surface area contributed by atoms with E-state index in [1.807, 2.05) is 11.3 Å².